The first kappa shape index (κ1) is 41.2. The van der Waals surface area contributed by atoms with Crippen LogP contribution in [0, 0.1) is 46.3 Å². The van der Waals surface area contributed by atoms with Crippen molar-refractivity contribution in [3.63, 3.8) is 0 Å². The predicted molar refractivity (Wildman–Crippen MR) is 249 cm³/mol. The molecular weight excluding hydrogens is 727 g/mol. The van der Waals surface area contributed by atoms with E-state index in [0.717, 1.165) is 55.0 Å². The third kappa shape index (κ3) is 8.71. The summed E-state index contributed by atoms with van der Waals surface area (Å²) in [4.78, 5) is 0. The van der Waals surface area contributed by atoms with Crippen LogP contribution >= 0.6 is 15.8 Å². The highest BCUT2D eigenvalue weighted by Crippen LogP contribution is 2.67. The maximum Gasteiger partial charge on any atom is 0.0612 e. The van der Waals surface area contributed by atoms with Gasteiger partial charge in [-0.25, -0.2) is 0 Å². The molecule has 0 spiro atoms. The zero-order valence-electron chi connectivity index (χ0n) is 35.7. The number of ether oxygens (including phenoxy) is 1. The maximum atomic E-state index is 7.14. The van der Waals surface area contributed by atoms with Crippen molar-refractivity contribution in [3.8, 4) is 0 Å². The highest BCUT2D eigenvalue weighted by Gasteiger charge is 2.59. The van der Waals surface area contributed by atoms with Crippen LogP contribution < -0.4 is 21.2 Å². The summed E-state index contributed by atoms with van der Waals surface area (Å²) in [6.07, 6.45) is 19.2. The van der Waals surface area contributed by atoms with Gasteiger partial charge in [-0.05, 0) is 141 Å². The summed E-state index contributed by atoms with van der Waals surface area (Å²) >= 11 is 0. The number of benzene rings is 4. The van der Waals surface area contributed by atoms with Crippen LogP contribution in [0.15, 0.2) is 133 Å². The van der Waals surface area contributed by atoms with Crippen LogP contribution in [0.1, 0.15) is 112 Å². The zero-order valence-corrected chi connectivity index (χ0v) is 37.5. The lowest BCUT2D eigenvalue weighted by molar-refractivity contribution is -0.0639. The Balaban J connectivity index is 0.999. The molecule has 4 aliphatic carbocycles. The Morgan fingerprint density at radius 1 is 0.614 bits per heavy atom. The summed E-state index contributed by atoms with van der Waals surface area (Å²) in [6.45, 7) is 13.6. The Morgan fingerprint density at radius 2 is 1.16 bits per heavy atom. The van der Waals surface area contributed by atoms with E-state index in [9.17, 15) is 0 Å². The molecule has 57 heavy (non-hydrogen) atoms. The minimum absolute atomic E-state index is 0.331. The predicted octanol–water partition coefficient (Wildman–Crippen LogP) is 13.4. The molecule has 8 atom stereocenters. The highest BCUT2D eigenvalue weighted by atomic mass is 31.2. The van der Waals surface area contributed by atoms with Gasteiger partial charge in [0.1, 0.15) is 0 Å². The first-order valence-corrected chi connectivity index (χ1v) is 25.7. The number of hydrogen-bond donors (Lipinski definition) is 0. The molecule has 3 saturated carbocycles. The Hall–Kier alpha value is -2.56. The molecule has 0 radical (unpaired) electrons. The highest BCUT2D eigenvalue weighted by molar-refractivity contribution is 7.89. The van der Waals surface area contributed by atoms with E-state index >= 15 is 0 Å². The van der Waals surface area contributed by atoms with Crippen LogP contribution in [0.2, 0.25) is 0 Å². The van der Waals surface area contributed by atoms with E-state index in [1.165, 1.54) is 85.4 Å². The van der Waals surface area contributed by atoms with Gasteiger partial charge in [-0.2, -0.15) is 0 Å². The molecule has 0 aromatic heterocycles. The smallest absolute Gasteiger partial charge is 0.0612 e. The van der Waals surface area contributed by atoms with Crippen LogP contribution in [0.3, 0.4) is 0 Å². The third-order valence-corrected chi connectivity index (χ3v) is 22.2. The number of rotatable bonds is 15. The van der Waals surface area contributed by atoms with E-state index in [-0.39, 0.29) is 0 Å². The average Bonchev–Trinajstić information content (AvgIpc) is 3.60. The first-order valence-electron chi connectivity index (χ1n) is 22.9. The van der Waals surface area contributed by atoms with Crippen molar-refractivity contribution < 1.29 is 4.74 Å². The SMILES string of the molecule is CC(C)CCC[C@@H](C)[C@H]1CC[C@H]2[C@@H]3CC=C4C[C@@H](OCCC(P(c5ccccc5)c5ccccc5)P(c5ccccc5)c5ccccc5)CC[C@]4(C)[C@H]3CC[C@]12C. The van der Waals surface area contributed by atoms with E-state index < -0.39 is 15.8 Å². The van der Waals surface area contributed by atoms with Crippen LogP contribution in [-0.4, -0.2) is 18.1 Å². The summed E-state index contributed by atoms with van der Waals surface area (Å²) in [5, 5.41) is 6.32. The Morgan fingerprint density at radius 3 is 1.68 bits per heavy atom. The van der Waals surface area contributed by atoms with Crippen LogP contribution in [-0.2, 0) is 4.74 Å². The molecule has 0 amide bonds. The summed E-state index contributed by atoms with van der Waals surface area (Å²) in [7, 11) is -1.29. The van der Waals surface area contributed by atoms with Crippen LogP contribution in [0.5, 0.6) is 0 Å². The van der Waals surface area contributed by atoms with Crippen molar-refractivity contribution in [3.05, 3.63) is 133 Å². The molecule has 8 rings (SSSR count). The largest absolute Gasteiger partial charge is 0.378 e. The van der Waals surface area contributed by atoms with Gasteiger partial charge in [0.25, 0.3) is 0 Å². The second-order valence-corrected chi connectivity index (χ2v) is 24.6. The summed E-state index contributed by atoms with van der Waals surface area (Å²) in [6, 6.07) is 45.7. The van der Waals surface area contributed by atoms with E-state index in [1.807, 2.05) is 0 Å². The van der Waals surface area contributed by atoms with Gasteiger partial charge in [0, 0.05) is 12.0 Å². The molecule has 0 unspecified atom stereocenters. The lowest BCUT2D eigenvalue weighted by Gasteiger charge is -2.58. The van der Waals surface area contributed by atoms with Gasteiger partial charge in [-0.15, -0.1) is 0 Å². The number of hydrogen-bond acceptors (Lipinski definition) is 1. The second-order valence-electron chi connectivity index (χ2n) is 19.4. The van der Waals surface area contributed by atoms with E-state index in [4.69, 9.17) is 4.74 Å². The fourth-order valence-electron chi connectivity index (χ4n) is 12.8. The fourth-order valence-corrected chi connectivity index (χ4v) is 20.0. The normalized spacial score (nSPS) is 28.9. The summed E-state index contributed by atoms with van der Waals surface area (Å²) in [5.74, 6) is 5.30. The van der Waals surface area contributed by atoms with E-state index in [0.29, 0.717) is 22.3 Å². The Kier molecular flexibility index (Phi) is 13.3. The van der Waals surface area contributed by atoms with Crippen molar-refractivity contribution in [1.82, 2.24) is 0 Å². The Labute approximate surface area is 349 Å². The standard InChI is InChI=1S/C54H70OP2/c1-40(2)19-18-20-41(3)49-31-32-50-48-30-29-42-39-43(33-36-53(42,4)51(48)34-37-54(49,50)5)55-38-35-52(56(44-21-10-6-11-22-44)45-23-12-7-13-24-45)57(46-25-14-8-15-26-46)47-27-16-9-17-28-47/h6-17,21-29,40-41,43,48-52H,18-20,30-39H2,1-5H3/t41-,43+,48+,49-,50+,51+,53+,54-/m1/s1. The maximum absolute atomic E-state index is 7.14. The van der Waals surface area contributed by atoms with E-state index in [2.05, 4.69) is 162 Å². The molecule has 4 aromatic rings. The lowest BCUT2D eigenvalue weighted by atomic mass is 9.47. The van der Waals surface area contributed by atoms with Crippen molar-refractivity contribution in [2.24, 2.45) is 46.3 Å². The minimum atomic E-state index is -0.645. The van der Waals surface area contributed by atoms with Gasteiger partial charge in [-0.1, -0.05) is 187 Å². The van der Waals surface area contributed by atoms with Gasteiger partial charge < -0.3 is 4.74 Å². The Bertz CT molecular complexity index is 1710. The second kappa shape index (κ2) is 18.4. The summed E-state index contributed by atoms with van der Waals surface area (Å²) in [5.41, 5.74) is 2.66. The van der Waals surface area contributed by atoms with Gasteiger partial charge >= 0.3 is 0 Å². The molecule has 0 N–H and O–H groups in total. The van der Waals surface area contributed by atoms with Gasteiger partial charge in [0.15, 0.2) is 0 Å². The van der Waals surface area contributed by atoms with Gasteiger partial charge in [-0.3, -0.25) is 0 Å². The van der Waals surface area contributed by atoms with Crippen molar-refractivity contribution >= 4 is 37.1 Å². The molecule has 0 saturated heterocycles. The fraction of sp³-hybridized carbons (Fsp3) is 0.519. The molecule has 4 aliphatic rings. The molecule has 302 valence electrons. The number of fused-ring (bicyclic) bond motifs is 5. The van der Waals surface area contributed by atoms with Crippen LogP contribution in [0.25, 0.3) is 0 Å². The van der Waals surface area contributed by atoms with Crippen molar-refractivity contribution in [1.29, 1.82) is 0 Å². The third-order valence-electron chi connectivity index (χ3n) is 15.7. The zero-order chi connectivity index (χ0) is 39.4. The van der Waals surface area contributed by atoms with Crippen LogP contribution in [0.4, 0.5) is 0 Å². The minimum Gasteiger partial charge on any atom is -0.378 e. The average molecular weight is 797 g/mol. The van der Waals surface area contributed by atoms with Crippen molar-refractivity contribution in [2.45, 2.75) is 123 Å². The van der Waals surface area contributed by atoms with E-state index in [1.54, 1.807) is 5.57 Å². The quantitative estimate of drug-likeness (QED) is 0.0860. The number of allylic oxidation sites excluding steroid dienone is 1. The van der Waals surface area contributed by atoms with Gasteiger partial charge in [0.05, 0.1) is 6.10 Å². The lowest BCUT2D eigenvalue weighted by Crippen LogP contribution is -2.51. The molecule has 1 nitrogen and oxygen atoms in total. The molecule has 0 heterocycles. The molecule has 3 heteroatoms. The molecular formula is C54H70OP2. The first-order chi connectivity index (χ1) is 27.8. The summed E-state index contributed by atoms with van der Waals surface area (Å²) < 4.78 is 7.14. The monoisotopic (exact) mass is 796 g/mol. The molecule has 0 bridgehead atoms. The molecule has 4 aromatic carbocycles. The molecule has 3 fully saturated rings. The van der Waals surface area contributed by atoms with Gasteiger partial charge in [0.2, 0.25) is 0 Å². The van der Waals surface area contributed by atoms with Crippen molar-refractivity contribution in [2.75, 3.05) is 6.61 Å². The molecule has 0 aliphatic heterocycles. The topological polar surface area (TPSA) is 9.23 Å².